The zero-order valence-corrected chi connectivity index (χ0v) is 8.14. The molecule has 1 aromatic heterocycles. The molecule has 0 aliphatic rings. The summed E-state index contributed by atoms with van der Waals surface area (Å²) in [6.07, 6.45) is 0. The largest absolute Gasteiger partial charge is 0.269 e. The van der Waals surface area contributed by atoms with Crippen molar-refractivity contribution in [1.29, 1.82) is 0 Å². The molecule has 0 saturated carbocycles. The van der Waals surface area contributed by atoms with E-state index in [1.807, 2.05) is 32.2 Å². The van der Waals surface area contributed by atoms with E-state index >= 15 is 0 Å². The van der Waals surface area contributed by atoms with E-state index in [9.17, 15) is 0 Å². The SMILES string of the molecule is Cc1nnn(C)c1-c1ccccc1.F. The molecule has 0 aliphatic carbocycles. The van der Waals surface area contributed by atoms with Crippen molar-refractivity contribution >= 4 is 0 Å². The highest BCUT2D eigenvalue weighted by molar-refractivity contribution is 5.61. The summed E-state index contributed by atoms with van der Waals surface area (Å²) < 4.78 is 1.80. The van der Waals surface area contributed by atoms with Crippen molar-refractivity contribution in [1.82, 2.24) is 15.0 Å². The second-order valence-electron chi connectivity index (χ2n) is 3.01. The van der Waals surface area contributed by atoms with Crippen molar-refractivity contribution in [2.75, 3.05) is 0 Å². The second kappa shape index (κ2) is 4.00. The lowest BCUT2D eigenvalue weighted by atomic mass is 10.1. The van der Waals surface area contributed by atoms with Gasteiger partial charge in [-0.25, -0.2) is 4.68 Å². The summed E-state index contributed by atoms with van der Waals surface area (Å²) >= 11 is 0. The van der Waals surface area contributed by atoms with Gasteiger partial charge in [0.2, 0.25) is 0 Å². The minimum absolute atomic E-state index is 0. The van der Waals surface area contributed by atoms with Gasteiger partial charge in [0.1, 0.15) is 0 Å². The Morgan fingerprint density at radius 3 is 2.29 bits per heavy atom. The van der Waals surface area contributed by atoms with Gasteiger partial charge in [0.05, 0.1) is 11.4 Å². The van der Waals surface area contributed by atoms with Crippen LogP contribution in [0.1, 0.15) is 5.69 Å². The maximum absolute atomic E-state index is 4.01. The summed E-state index contributed by atoms with van der Waals surface area (Å²) in [7, 11) is 1.91. The maximum Gasteiger partial charge on any atom is 0.0911 e. The van der Waals surface area contributed by atoms with Crippen molar-refractivity contribution in [2.45, 2.75) is 6.92 Å². The molecule has 0 saturated heterocycles. The molecule has 0 N–H and O–H groups in total. The standard InChI is InChI=1S/C10H11N3.FH/c1-8-10(13(2)12-11-8)9-6-4-3-5-7-9;/h3-7H,1-2H3;1H. The fourth-order valence-electron chi connectivity index (χ4n) is 1.45. The number of halogens is 1. The Labute approximate surface area is 81.7 Å². The molecule has 0 bridgehead atoms. The summed E-state index contributed by atoms with van der Waals surface area (Å²) in [6.45, 7) is 1.97. The average Bonchev–Trinajstić information content (AvgIpc) is 2.48. The number of nitrogens with zero attached hydrogens (tertiary/aromatic N) is 3. The summed E-state index contributed by atoms with van der Waals surface area (Å²) in [5.74, 6) is 0. The molecule has 1 aromatic carbocycles. The number of hydrogen-bond acceptors (Lipinski definition) is 2. The molecule has 2 aromatic rings. The van der Waals surface area contributed by atoms with Gasteiger partial charge in [-0.1, -0.05) is 35.5 Å². The lowest BCUT2D eigenvalue weighted by Gasteiger charge is -2.00. The van der Waals surface area contributed by atoms with E-state index in [4.69, 9.17) is 0 Å². The Balaban J connectivity index is 0.000000980. The van der Waals surface area contributed by atoms with Crippen molar-refractivity contribution in [2.24, 2.45) is 7.05 Å². The fraction of sp³-hybridized carbons (Fsp3) is 0.200. The lowest BCUT2D eigenvalue weighted by molar-refractivity contribution is 0.719. The Morgan fingerprint density at radius 2 is 1.79 bits per heavy atom. The first-order valence-electron chi connectivity index (χ1n) is 4.21. The van der Waals surface area contributed by atoms with Crippen molar-refractivity contribution < 1.29 is 4.70 Å². The normalized spacial score (nSPS) is 9.57. The van der Waals surface area contributed by atoms with Crippen LogP contribution in [0.3, 0.4) is 0 Å². The molecule has 0 radical (unpaired) electrons. The van der Waals surface area contributed by atoms with Gasteiger partial charge in [-0.3, -0.25) is 4.70 Å². The molecule has 14 heavy (non-hydrogen) atoms. The molecule has 2 rings (SSSR count). The quantitative estimate of drug-likeness (QED) is 0.693. The zero-order chi connectivity index (χ0) is 9.26. The molecule has 0 atom stereocenters. The summed E-state index contributed by atoms with van der Waals surface area (Å²) in [5.41, 5.74) is 3.21. The zero-order valence-electron chi connectivity index (χ0n) is 8.14. The molecule has 0 aliphatic heterocycles. The third kappa shape index (κ3) is 1.64. The van der Waals surface area contributed by atoms with Crippen LogP contribution in [0.25, 0.3) is 11.3 Å². The summed E-state index contributed by atoms with van der Waals surface area (Å²) in [5, 5.41) is 7.96. The van der Waals surface area contributed by atoms with Crippen LogP contribution in [0.2, 0.25) is 0 Å². The first-order chi connectivity index (χ1) is 6.29. The van der Waals surface area contributed by atoms with Gasteiger partial charge in [0.25, 0.3) is 0 Å². The lowest BCUT2D eigenvalue weighted by Crippen LogP contribution is -1.93. The Kier molecular flexibility index (Phi) is 2.96. The van der Waals surface area contributed by atoms with Gasteiger partial charge in [0, 0.05) is 12.6 Å². The summed E-state index contributed by atoms with van der Waals surface area (Å²) in [6, 6.07) is 10.2. The molecule has 0 fully saturated rings. The predicted molar refractivity (Wildman–Crippen MR) is 53.7 cm³/mol. The van der Waals surface area contributed by atoms with Crippen LogP contribution in [0, 0.1) is 6.92 Å². The molecule has 0 unspecified atom stereocenters. The average molecular weight is 193 g/mol. The van der Waals surface area contributed by atoms with Crippen LogP contribution in [0.5, 0.6) is 0 Å². The van der Waals surface area contributed by atoms with E-state index in [1.54, 1.807) is 4.68 Å². The topological polar surface area (TPSA) is 30.7 Å². The Morgan fingerprint density at radius 1 is 1.14 bits per heavy atom. The number of aromatic nitrogens is 3. The summed E-state index contributed by atoms with van der Waals surface area (Å²) in [4.78, 5) is 0. The van der Waals surface area contributed by atoms with E-state index < -0.39 is 0 Å². The first-order valence-corrected chi connectivity index (χ1v) is 4.21. The van der Waals surface area contributed by atoms with Crippen LogP contribution in [0.15, 0.2) is 30.3 Å². The van der Waals surface area contributed by atoms with Gasteiger partial charge in [0.15, 0.2) is 0 Å². The molecule has 1 heterocycles. The van der Waals surface area contributed by atoms with Crippen LogP contribution >= 0.6 is 0 Å². The fourth-order valence-corrected chi connectivity index (χ4v) is 1.45. The van der Waals surface area contributed by atoms with Crippen LogP contribution < -0.4 is 0 Å². The van der Waals surface area contributed by atoms with E-state index in [0.29, 0.717) is 0 Å². The number of rotatable bonds is 1. The maximum atomic E-state index is 4.01. The predicted octanol–water partition coefficient (Wildman–Crippen LogP) is 1.94. The van der Waals surface area contributed by atoms with E-state index in [-0.39, 0.29) is 4.70 Å². The van der Waals surface area contributed by atoms with Crippen molar-refractivity contribution in [3.63, 3.8) is 0 Å². The monoisotopic (exact) mass is 193 g/mol. The number of aryl methyl sites for hydroxylation is 2. The number of hydrogen-bond donors (Lipinski definition) is 0. The highest BCUT2D eigenvalue weighted by atomic mass is 19.0. The van der Waals surface area contributed by atoms with Gasteiger partial charge in [-0.15, -0.1) is 5.10 Å². The highest BCUT2D eigenvalue weighted by Gasteiger charge is 2.07. The van der Waals surface area contributed by atoms with Crippen LogP contribution in [-0.2, 0) is 7.05 Å². The van der Waals surface area contributed by atoms with Gasteiger partial charge < -0.3 is 0 Å². The third-order valence-corrected chi connectivity index (χ3v) is 2.04. The second-order valence-corrected chi connectivity index (χ2v) is 3.01. The molecule has 3 nitrogen and oxygen atoms in total. The van der Waals surface area contributed by atoms with Gasteiger partial charge >= 0.3 is 0 Å². The van der Waals surface area contributed by atoms with Gasteiger partial charge in [-0.05, 0) is 6.92 Å². The van der Waals surface area contributed by atoms with Crippen LogP contribution in [-0.4, -0.2) is 15.0 Å². The first kappa shape index (κ1) is 10.4. The van der Waals surface area contributed by atoms with Crippen molar-refractivity contribution in [3.8, 4) is 11.3 Å². The van der Waals surface area contributed by atoms with Crippen molar-refractivity contribution in [3.05, 3.63) is 36.0 Å². The molecular formula is C10H12FN3. The smallest absolute Gasteiger partial charge is 0.0911 e. The van der Waals surface area contributed by atoms with E-state index in [2.05, 4.69) is 22.4 Å². The molecule has 0 amide bonds. The van der Waals surface area contributed by atoms with E-state index in [1.165, 1.54) is 0 Å². The minimum atomic E-state index is 0. The molecule has 74 valence electrons. The highest BCUT2D eigenvalue weighted by Crippen LogP contribution is 2.19. The minimum Gasteiger partial charge on any atom is -0.269 e. The third-order valence-electron chi connectivity index (χ3n) is 2.04. The molecule has 0 spiro atoms. The molecular weight excluding hydrogens is 181 g/mol. The van der Waals surface area contributed by atoms with Crippen LogP contribution in [0.4, 0.5) is 4.70 Å². The Bertz CT molecular complexity index is 389. The van der Waals surface area contributed by atoms with E-state index in [0.717, 1.165) is 17.0 Å². The Hall–Kier alpha value is -1.71. The molecule has 4 heteroatoms. The number of benzene rings is 1. The van der Waals surface area contributed by atoms with Gasteiger partial charge in [-0.2, -0.15) is 0 Å².